The van der Waals surface area contributed by atoms with Gasteiger partial charge in [0.1, 0.15) is 5.78 Å². The quantitative estimate of drug-likeness (QED) is 0.466. The molecule has 0 bridgehead atoms. The Morgan fingerprint density at radius 1 is 1.00 bits per heavy atom. The van der Waals surface area contributed by atoms with Crippen LogP contribution in [0.2, 0.25) is 0 Å². The predicted octanol–water partition coefficient (Wildman–Crippen LogP) is 6.27. The fourth-order valence-corrected chi connectivity index (χ4v) is 10.9. The molecular formula is C30H46O4. The van der Waals surface area contributed by atoms with Gasteiger partial charge in [0.2, 0.25) is 0 Å². The Hall–Kier alpha value is -1.16. The molecule has 0 amide bonds. The molecule has 0 aromatic carbocycles. The number of Topliss-reactive ketones (excluding diaryl/α,β-unsaturated/α-hetero) is 1. The van der Waals surface area contributed by atoms with Crippen LogP contribution in [0.3, 0.4) is 0 Å². The molecule has 9 unspecified atom stereocenters. The SMILES string of the molecule is CC1C(C(=O)O)CCC2(CO)CCC3(C)C(=CCC4C5(C)CCC(=O)C(C)(C)C5CCC43C)C12. The van der Waals surface area contributed by atoms with E-state index >= 15 is 0 Å². The Kier molecular flexibility index (Phi) is 5.36. The number of rotatable bonds is 2. The van der Waals surface area contributed by atoms with Crippen LogP contribution in [0.25, 0.3) is 0 Å². The number of carboxylic acid groups (broad SMARTS) is 1. The first-order valence-corrected chi connectivity index (χ1v) is 13.9. The number of aliphatic hydroxyl groups excluding tert-OH is 1. The molecule has 9 atom stereocenters. The maximum absolute atomic E-state index is 12.9. The minimum Gasteiger partial charge on any atom is -0.481 e. The monoisotopic (exact) mass is 470 g/mol. The van der Waals surface area contributed by atoms with Gasteiger partial charge in [-0.15, -0.1) is 0 Å². The highest BCUT2D eigenvalue weighted by molar-refractivity contribution is 5.85. The van der Waals surface area contributed by atoms with Gasteiger partial charge < -0.3 is 10.2 Å². The number of carbonyl (C=O) groups excluding carboxylic acids is 1. The lowest BCUT2D eigenvalue weighted by molar-refractivity contribution is -0.189. The van der Waals surface area contributed by atoms with E-state index in [0.29, 0.717) is 30.5 Å². The first kappa shape index (κ1) is 24.5. The average molecular weight is 471 g/mol. The van der Waals surface area contributed by atoms with Crippen LogP contribution in [0, 0.1) is 56.7 Å². The van der Waals surface area contributed by atoms with E-state index in [-0.39, 0.29) is 51.4 Å². The van der Waals surface area contributed by atoms with E-state index in [2.05, 4.69) is 47.6 Å². The second-order valence-electron chi connectivity index (χ2n) is 14.3. The van der Waals surface area contributed by atoms with Gasteiger partial charge in [0, 0.05) is 23.9 Å². The molecule has 4 saturated carbocycles. The summed E-state index contributed by atoms with van der Waals surface area (Å²) >= 11 is 0. The van der Waals surface area contributed by atoms with Crippen LogP contribution in [-0.4, -0.2) is 28.6 Å². The molecular weight excluding hydrogens is 424 g/mol. The summed E-state index contributed by atoms with van der Waals surface area (Å²) in [5.74, 6) is 0.615. The van der Waals surface area contributed by atoms with Crippen LogP contribution in [0.15, 0.2) is 11.6 Å². The van der Waals surface area contributed by atoms with Gasteiger partial charge >= 0.3 is 5.97 Å². The number of hydrogen-bond donors (Lipinski definition) is 2. The summed E-state index contributed by atoms with van der Waals surface area (Å²) in [6.07, 6.45) is 11.1. The Bertz CT molecular complexity index is 934. The molecule has 5 rings (SSSR count). The Morgan fingerprint density at radius 3 is 2.35 bits per heavy atom. The first-order chi connectivity index (χ1) is 15.8. The van der Waals surface area contributed by atoms with Crippen LogP contribution < -0.4 is 0 Å². The summed E-state index contributed by atoms with van der Waals surface area (Å²) in [7, 11) is 0. The van der Waals surface area contributed by atoms with E-state index in [1.54, 1.807) is 0 Å². The number of aliphatic carboxylic acids is 1. The standard InChI is InChI=1S/C30H46O4/c1-18-19(25(33)34)9-14-30(17-31)16-15-28(5)20(24(18)30)7-8-22-27(4)12-11-23(32)26(2,3)21(27)10-13-29(22,28)6/h7,18-19,21-22,24,31H,8-17H2,1-6H3,(H,33,34). The third kappa shape index (κ3) is 2.81. The van der Waals surface area contributed by atoms with Crippen molar-refractivity contribution in [2.75, 3.05) is 6.61 Å². The largest absolute Gasteiger partial charge is 0.481 e. The van der Waals surface area contributed by atoms with E-state index in [4.69, 9.17) is 0 Å². The normalized spacial score (nSPS) is 51.9. The molecule has 0 aromatic rings. The van der Waals surface area contributed by atoms with Gasteiger partial charge in [-0.2, -0.15) is 0 Å². The zero-order chi connectivity index (χ0) is 24.9. The third-order valence-electron chi connectivity index (χ3n) is 13.1. The maximum atomic E-state index is 12.9. The smallest absolute Gasteiger partial charge is 0.306 e. The van der Waals surface area contributed by atoms with Crippen molar-refractivity contribution in [3.05, 3.63) is 11.6 Å². The molecule has 0 aromatic heterocycles. The summed E-state index contributed by atoms with van der Waals surface area (Å²) in [4.78, 5) is 25.0. The second-order valence-corrected chi connectivity index (χ2v) is 14.3. The fraction of sp³-hybridized carbons (Fsp3) is 0.867. The number of fused-ring (bicyclic) bond motifs is 7. The molecule has 0 radical (unpaired) electrons. The van der Waals surface area contributed by atoms with Crippen LogP contribution in [-0.2, 0) is 9.59 Å². The number of carbonyl (C=O) groups is 2. The number of ketones is 1. The summed E-state index contributed by atoms with van der Waals surface area (Å²) in [5.41, 5.74) is 1.37. The van der Waals surface area contributed by atoms with Crippen molar-refractivity contribution >= 4 is 11.8 Å². The van der Waals surface area contributed by atoms with Gasteiger partial charge in [-0.05, 0) is 91.3 Å². The Balaban J connectivity index is 1.60. The lowest BCUT2D eigenvalue weighted by Crippen LogP contribution is -2.64. The number of aliphatic hydroxyl groups is 1. The van der Waals surface area contributed by atoms with Gasteiger partial charge in [-0.3, -0.25) is 9.59 Å². The van der Waals surface area contributed by atoms with E-state index in [1.165, 1.54) is 5.57 Å². The van der Waals surface area contributed by atoms with Crippen molar-refractivity contribution in [2.24, 2.45) is 56.7 Å². The highest BCUT2D eigenvalue weighted by Gasteiger charge is 2.68. The fourth-order valence-electron chi connectivity index (χ4n) is 10.9. The zero-order valence-corrected chi connectivity index (χ0v) is 22.2. The molecule has 190 valence electrons. The molecule has 5 aliphatic carbocycles. The number of carboxylic acids is 1. The zero-order valence-electron chi connectivity index (χ0n) is 22.2. The molecule has 4 heteroatoms. The van der Waals surface area contributed by atoms with E-state index < -0.39 is 5.97 Å². The van der Waals surface area contributed by atoms with Crippen molar-refractivity contribution in [1.29, 1.82) is 0 Å². The van der Waals surface area contributed by atoms with E-state index in [9.17, 15) is 19.8 Å². The minimum absolute atomic E-state index is 0.0213. The molecule has 34 heavy (non-hydrogen) atoms. The predicted molar refractivity (Wildman–Crippen MR) is 133 cm³/mol. The second kappa shape index (κ2) is 7.43. The molecule has 0 spiro atoms. The molecule has 4 fully saturated rings. The average Bonchev–Trinajstić information content (AvgIpc) is 2.77. The van der Waals surface area contributed by atoms with Gasteiger partial charge in [0.05, 0.1) is 5.92 Å². The highest BCUT2D eigenvalue weighted by atomic mass is 16.4. The topological polar surface area (TPSA) is 74.6 Å². The van der Waals surface area contributed by atoms with Gasteiger partial charge in [0.15, 0.2) is 0 Å². The lowest BCUT2D eigenvalue weighted by Gasteiger charge is -2.71. The molecule has 2 N–H and O–H groups in total. The molecule has 4 nitrogen and oxygen atoms in total. The molecule has 0 aliphatic heterocycles. The van der Waals surface area contributed by atoms with Crippen molar-refractivity contribution in [3.8, 4) is 0 Å². The van der Waals surface area contributed by atoms with E-state index in [1.807, 2.05) is 0 Å². The molecule has 0 saturated heterocycles. The van der Waals surface area contributed by atoms with Crippen molar-refractivity contribution in [2.45, 2.75) is 99.3 Å². The summed E-state index contributed by atoms with van der Waals surface area (Å²) in [6, 6.07) is 0. The summed E-state index contributed by atoms with van der Waals surface area (Å²) in [6.45, 7) is 14.2. The van der Waals surface area contributed by atoms with Gasteiger partial charge in [-0.1, -0.05) is 53.2 Å². The minimum atomic E-state index is -0.672. The van der Waals surface area contributed by atoms with Gasteiger partial charge in [-0.25, -0.2) is 0 Å². The van der Waals surface area contributed by atoms with Crippen LogP contribution >= 0.6 is 0 Å². The number of allylic oxidation sites excluding steroid dienone is 2. The Morgan fingerprint density at radius 2 is 1.71 bits per heavy atom. The summed E-state index contributed by atoms with van der Waals surface area (Å²) in [5, 5.41) is 20.6. The maximum Gasteiger partial charge on any atom is 0.306 e. The molecule has 5 aliphatic rings. The highest BCUT2D eigenvalue weighted by Crippen LogP contribution is 2.75. The van der Waals surface area contributed by atoms with Crippen LogP contribution in [0.1, 0.15) is 99.3 Å². The lowest BCUT2D eigenvalue weighted by atomic mass is 9.33. The van der Waals surface area contributed by atoms with Crippen LogP contribution in [0.4, 0.5) is 0 Å². The van der Waals surface area contributed by atoms with Crippen molar-refractivity contribution in [1.82, 2.24) is 0 Å². The first-order valence-electron chi connectivity index (χ1n) is 13.9. The summed E-state index contributed by atoms with van der Waals surface area (Å²) < 4.78 is 0. The van der Waals surface area contributed by atoms with Gasteiger partial charge in [0.25, 0.3) is 0 Å². The molecule has 0 heterocycles. The number of hydrogen-bond acceptors (Lipinski definition) is 3. The Labute approximate surface area is 206 Å². The van der Waals surface area contributed by atoms with Crippen molar-refractivity contribution < 1.29 is 19.8 Å². The van der Waals surface area contributed by atoms with E-state index in [0.717, 1.165) is 44.9 Å². The van der Waals surface area contributed by atoms with Crippen molar-refractivity contribution in [3.63, 3.8) is 0 Å². The van der Waals surface area contributed by atoms with Crippen LogP contribution in [0.5, 0.6) is 0 Å². The third-order valence-corrected chi connectivity index (χ3v) is 13.1.